The van der Waals surface area contributed by atoms with Gasteiger partial charge in [-0.25, -0.2) is 0 Å². The molecule has 1 N–H and O–H groups in total. The Kier molecular flexibility index (Phi) is 11.5. The predicted octanol–water partition coefficient (Wildman–Crippen LogP) is 2.25. The largest absolute Gasteiger partial charge is 0.357 e. The van der Waals surface area contributed by atoms with Gasteiger partial charge in [-0.15, -0.1) is 24.0 Å². The quantitative estimate of drug-likeness (QED) is 0.275. The molecule has 0 saturated carbocycles. The highest BCUT2D eigenvalue weighted by Gasteiger charge is 2.20. The topological polar surface area (TPSA) is 51.2 Å². The van der Waals surface area contributed by atoms with Crippen LogP contribution in [0.4, 0.5) is 0 Å². The van der Waals surface area contributed by atoms with E-state index in [1.807, 2.05) is 4.90 Å². The van der Waals surface area contributed by atoms with Crippen molar-refractivity contribution in [3.8, 4) is 0 Å². The van der Waals surface area contributed by atoms with Crippen LogP contribution in [0.2, 0.25) is 0 Å². The van der Waals surface area contributed by atoms with Crippen LogP contribution in [0, 0.1) is 5.92 Å². The number of unbranched alkanes of at least 4 members (excludes halogenated alkanes) is 1. The Labute approximate surface area is 176 Å². The van der Waals surface area contributed by atoms with Crippen LogP contribution < -0.4 is 5.32 Å². The van der Waals surface area contributed by atoms with E-state index >= 15 is 0 Å². The molecule has 0 spiro atoms. The Bertz CT molecular complexity index is 430. The van der Waals surface area contributed by atoms with Crippen molar-refractivity contribution in [2.75, 3.05) is 58.9 Å². The van der Waals surface area contributed by atoms with Crippen LogP contribution in [0.5, 0.6) is 0 Å². The van der Waals surface area contributed by atoms with Crippen molar-refractivity contribution in [1.82, 2.24) is 20.0 Å². The number of nitrogens with one attached hydrogen (secondary N) is 1. The fourth-order valence-corrected chi connectivity index (χ4v) is 3.58. The van der Waals surface area contributed by atoms with Crippen LogP contribution >= 0.6 is 24.0 Å². The van der Waals surface area contributed by atoms with E-state index in [2.05, 4.69) is 29.0 Å². The zero-order chi connectivity index (χ0) is 18.1. The van der Waals surface area contributed by atoms with E-state index in [0.29, 0.717) is 0 Å². The number of carbonyl (C=O) groups is 1. The molecule has 0 atom stereocenters. The molecule has 0 aromatic heterocycles. The van der Waals surface area contributed by atoms with Crippen LogP contribution in [0.15, 0.2) is 4.99 Å². The summed E-state index contributed by atoms with van der Waals surface area (Å²) in [6.07, 6.45) is 5.09. The van der Waals surface area contributed by atoms with Crippen LogP contribution in [0.25, 0.3) is 0 Å². The molecular weight excluding hydrogens is 441 g/mol. The number of likely N-dealkylation sites (tertiary alicyclic amines) is 1. The Hall–Kier alpha value is -0.570. The van der Waals surface area contributed by atoms with Gasteiger partial charge in [0, 0.05) is 46.2 Å². The van der Waals surface area contributed by atoms with E-state index in [-0.39, 0.29) is 29.9 Å². The Morgan fingerprint density at radius 3 is 2.23 bits per heavy atom. The van der Waals surface area contributed by atoms with Crippen LogP contribution in [-0.4, -0.2) is 85.5 Å². The average molecular weight is 479 g/mol. The first kappa shape index (κ1) is 23.5. The van der Waals surface area contributed by atoms with Crippen molar-refractivity contribution in [1.29, 1.82) is 0 Å². The van der Waals surface area contributed by atoms with Crippen molar-refractivity contribution in [2.24, 2.45) is 10.9 Å². The molecule has 0 unspecified atom stereocenters. The highest BCUT2D eigenvalue weighted by atomic mass is 127. The molecule has 1 amide bonds. The molecule has 0 bridgehead atoms. The van der Waals surface area contributed by atoms with Gasteiger partial charge in [-0.1, -0.05) is 6.92 Å². The molecule has 2 fully saturated rings. The van der Waals surface area contributed by atoms with Gasteiger partial charge in [-0.3, -0.25) is 9.79 Å². The van der Waals surface area contributed by atoms with Crippen LogP contribution in [-0.2, 0) is 4.79 Å². The molecule has 2 rings (SSSR count). The highest BCUT2D eigenvalue weighted by Crippen LogP contribution is 2.16. The number of amides is 1. The van der Waals surface area contributed by atoms with Crippen LogP contribution in [0.1, 0.15) is 46.5 Å². The summed E-state index contributed by atoms with van der Waals surface area (Å²) in [6.45, 7) is 15.0. The van der Waals surface area contributed by atoms with E-state index in [1.165, 1.54) is 38.9 Å². The van der Waals surface area contributed by atoms with Crippen LogP contribution in [0.3, 0.4) is 0 Å². The Balaban J connectivity index is 0.00000338. The Morgan fingerprint density at radius 2 is 1.65 bits per heavy atom. The van der Waals surface area contributed by atoms with Crippen molar-refractivity contribution < 1.29 is 4.79 Å². The number of halogens is 1. The molecule has 2 heterocycles. The molecule has 0 aromatic rings. The van der Waals surface area contributed by atoms with Gasteiger partial charge in [0.2, 0.25) is 5.91 Å². The minimum atomic E-state index is 0. The first-order valence-electron chi connectivity index (χ1n) is 10.1. The van der Waals surface area contributed by atoms with Crippen molar-refractivity contribution >= 4 is 35.8 Å². The van der Waals surface area contributed by atoms with E-state index < -0.39 is 0 Å². The van der Waals surface area contributed by atoms with E-state index in [0.717, 1.165) is 57.6 Å². The summed E-state index contributed by atoms with van der Waals surface area (Å²) in [4.78, 5) is 23.1. The number of hydrogen-bond acceptors (Lipinski definition) is 3. The number of carbonyl (C=O) groups excluding carboxylic acids is 1. The summed E-state index contributed by atoms with van der Waals surface area (Å²) in [5.41, 5.74) is 0. The normalized spacial score (nSPS) is 20.0. The highest BCUT2D eigenvalue weighted by molar-refractivity contribution is 14.0. The molecule has 2 aliphatic rings. The third-order valence-corrected chi connectivity index (χ3v) is 5.38. The maximum absolute atomic E-state index is 11.5. The Morgan fingerprint density at radius 1 is 1.04 bits per heavy atom. The molecule has 2 aliphatic heterocycles. The molecule has 0 radical (unpaired) electrons. The van der Waals surface area contributed by atoms with Gasteiger partial charge < -0.3 is 20.0 Å². The molecule has 2 saturated heterocycles. The summed E-state index contributed by atoms with van der Waals surface area (Å²) < 4.78 is 0. The summed E-state index contributed by atoms with van der Waals surface area (Å²) >= 11 is 0. The van der Waals surface area contributed by atoms with Gasteiger partial charge in [-0.2, -0.15) is 0 Å². The maximum Gasteiger partial charge on any atom is 0.219 e. The standard InChI is InChI=1S/C19H37N5O.HI/c1-4-20-19(24-15-13-23(14-16-24)18(3)25)21-9-5-6-10-22-11-7-17(2)8-12-22;/h17H,4-16H2,1-3H3,(H,20,21);1H. The fraction of sp³-hybridized carbons (Fsp3) is 0.895. The monoisotopic (exact) mass is 479 g/mol. The summed E-state index contributed by atoms with van der Waals surface area (Å²) in [5, 5.41) is 3.40. The van der Waals surface area contributed by atoms with Gasteiger partial charge in [0.25, 0.3) is 0 Å². The third kappa shape index (κ3) is 7.98. The molecule has 0 aromatic carbocycles. The third-order valence-electron chi connectivity index (χ3n) is 5.38. The van der Waals surface area contributed by atoms with Gasteiger partial charge >= 0.3 is 0 Å². The molecular formula is C19H38IN5O. The minimum Gasteiger partial charge on any atom is -0.357 e. The number of piperazine rings is 1. The number of piperidine rings is 1. The summed E-state index contributed by atoms with van der Waals surface area (Å²) in [7, 11) is 0. The molecule has 152 valence electrons. The average Bonchev–Trinajstić information content (AvgIpc) is 2.62. The maximum atomic E-state index is 11.5. The van der Waals surface area contributed by atoms with Crippen molar-refractivity contribution in [3.63, 3.8) is 0 Å². The minimum absolute atomic E-state index is 0. The number of guanidine groups is 1. The van der Waals surface area contributed by atoms with Gasteiger partial charge in [0.15, 0.2) is 5.96 Å². The second-order valence-corrected chi connectivity index (χ2v) is 7.46. The lowest BCUT2D eigenvalue weighted by Crippen LogP contribution is -2.53. The SMILES string of the molecule is CCNC(=NCCCCN1CCC(C)CC1)N1CCN(C(C)=O)CC1.I. The number of rotatable bonds is 6. The molecule has 0 aliphatic carbocycles. The smallest absolute Gasteiger partial charge is 0.219 e. The van der Waals surface area contributed by atoms with Gasteiger partial charge in [0.05, 0.1) is 0 Å². The number of aliphatic imine (C=N–C) groups is 1. The molecule has 7 heteroatoms. The zero-order valence-electron chi connectivity index (χ0n) is 16.9. The molecule has 6 nitrogen and oxygen atoms in total. The number of hydrogen-bond donors (Lipinski definition) is 1. The predicted molar refractivity (Wildman–Crippen MR) is 119 cm³/mol. The second kappa shape index (κ2) is 12.8. The summed E-state index contributed by atoms with van der Waals surface area (Å²) in [5.74, 6) is 2.10. The zero-order valence-corrected chi connectivity index (χ0v) is 19.2. The van der Waals surface area contributed by atoms with Crippen molar-refractivity contribution in [2.45, 2.75) is 46.5 Å². The van der Waals surface area contributed by atoms with Gasteiger partial charge in [-0.05, 0) is 58.2 Å². The van der Waals surface area contributed by atoms with E-state index in [9.17, 15) is 4.79 Å². The lowest BCUT2D eigenvalue weighted by Gasteiger charge is -2.36. The van der Waals surface area contributed by atoms with Crippen molar-refractivity contribution in [3.05, 3.63) is 0 Å². The van der Waals surface area contributed by atoms with Gasteiger partial charge in [0.1, 0.15) is 0 Å². The number of nitrogens with zero attached hydrogens (tertiary/aromatic N) is 4. The fourth-order valence-electron chi connectivity index (χ4n) is 3.58. The molecule has 26 heavy (non-hydrogen) atoms. The lowest BCUT2D eigenvalue weighted by atomic mass is 9.99. The lowest BCUT2D eigenvalue weighted by molar-refractivity contribution is -0.130. The second-order valence-electron chi connectivity index (χ2n) is 7.46. The first-order chi connectivity index (χ1) is 12.1. The van der Waals surface area contributed by atoms with E-state index in [1.54, 1.807) is 6.92 Å². The summed E-state index contributed by atoms with van der Waals surface area (Å²) in [6, 6.07) is 0. The first-order valence-corrected chi connectivity index (χ1v) is 10.1. The van der Waals surface area contributed by atoms with E-state index in [4.69, 9.17) is 4.99 Å².